The fraction of sp³-hybridized carbons (Fsp3) is 0.560. The summed E-state index contributed by atoms with van der Waals surface area (Å²) in [5.74, 6) is -1.83. The Kier molecular flexibility index (Phi) is 14.1. The fourth-order valence-electron chi connectivity index (χ4n) is 10.4. The summed E-state index contributed by atoms with van der Waals surface area (Å²) >= 11 is 0. The summed E-state index contributed by atoms with van der Waals surface area (Å²) in [6.45, 7) is 15.9. The largest absolute Gasteiger partial charge is 0.453 e. The van der Waals surface area contributed by atoms with Crippen molar-refractivity contribution in [2.24, 2.45) is 11.8 Å². The molecule has 4 aromatic rings. The predicted octanol–water partition coefficient (Wildman–Crippen LogP) is 7.26. The Labute approximate surface area is 397 Å². The number of nitrogens with zero attached hydrogens (tertiary/aromatic N) is 4. The first-order valence-corrected chi connectivity index (χ1v) is 23.7. The number of nitrogens with one attached hydrogen (secondary N) is 4. The molecule has 0 saturated carbocycles. The van der Waals surface area contributed by atoms with Crippen molar-refractivity contribution in [1.29, 1.82) is 0 Å². The maximum atomic E-state index is 14.3. The standard InChI is InChI=1S/C50H66N8O10/c1-27(2)41(55-47(61)63-9)45(59)57-25-49(65-29(5)19-30(6)66-49)21-39(57)43-51-23-37(53-43)35-15-11-33(12-16-35)34-13-17-36(18-14-34)38-24-52-44(54-38)40-22-50(67-31(7)20-32(8)68-50)26-58(40)46(60)42(28(3)4)56-48(62)64-10/h11-18,23-24,27-32,39-42H,19-22,25-26H2,1-10H3,(H,51,53)(H,52,54)(H,55,61)(H,56,62)/t29-,30-,31-,32-,39-,40?,41-,42-/m0/s1. The third-order valence-corrected chi connectivity index (χ3v) is 13.5. The number of methoxy groups -OCH3 is 2. The molecule has 2 spiro atoms. The third-order valence-electron chi connectivity index (χ3n) is 13.5. The number of amides is 4. The van der Waals surface area contributed by atoms with E-state index in [2.05, 4.69) is 44.9 Å². The maximum Gasteiger partial charge on any atom is 0.407 e. The molecule has 18 nitrogen and oxygen atoms in total. The molecule has 2 aromatic heterocycles. The van der Waals surface area contributed by atoms with Gasteiger partial charge in [-0.25, -0.2) is 19.6 Å². The van der Waals surface area contributed by atoms with Crippen molar-refractivity contribution >= 4 is 24.0 Å². The molecule has 2 aromatic carbocycles. The van der Waals surface area contributed by atoms with E-state index in [1.54, 1.807) is 22.2 Å². The number of rotatable bonds is 11. The quantitative estimate of drug-likeness (QED) is 0.117. The van der Waals surface area contributed by atoms with E-state index in [0.29, 0.717) is 24.5 Å². The van der Waals surface area contributed by atoms with Gasteiger partial charge in [0.25, 0.3) is 0 Å². The number of aromatic nitrogens is 4. The molecule has 1 unspecified atom stereocenters. The molecule has 8 rings (SSSR count). The monoisotopic (exact) mass is 938 g/mol. The number of hydrogen-bond acceptors (Lipinski definition) is 12. The molecule has 0 radical (unpaired) electrons. The molecule has 366 valence electrons. The molecule has 0 bridgehead atoms. The second-order valence-electron chi connectivity index (χ2n) is 19.6. The summed E-state index contributed by atoms with van der Waals surface area (Å²) in [6.07, 6.45) is 4.15. The van der Waals surface area contributed by atoms with Crippen molar-refractivity contribution in [3.8, 4) is 33.6 Å². The summed E-state index contributed by atoms with van der Waals surface area (Å²) in [7, 11) is 2.55. The minimum absolute atomic E-state index is 0.0626. The van der Waals surface area contributed by atoms with Gasteiger partial charge in [-0.1, -0.05) is 76.2 Å². The zero-order valence-corrected chi connectivity index (χ0v) is 40.7. The first-order chi connectivity index (χ1) is 32.4. The molecule has 0 aliphatic carbocycles. The van der Waals surface area contributed by atoms with Gasteiger partial charge in [0.15, 0.2) is 11.6 Å². The van der Waals surface area contributed by atoms with Crippen molar-refractivity contribution in [2.45, 2.75) is 141 Å². The summed E-state index contributed by atoms with van der Waals surface area (Å²) in [4.78, 5) is 73.1. The minimum atomic E-state index is -1.02. The topological polar surface area (TPSA) is 212 Å². The molecule has 6 heterocycles. The number of aromatic amines is 2. The van der Waals surface area contributed by atoms with Crippen LogP contribution in [0.25, 0.3) is 33.6 Å². The van der Waals surface area contributed by atoms with Gasteiger partial charge < -0.3 is 58.8 Å². The van der Waals surface area contributed by atoms with Gasteiger partial charge in [0.05, 0.1) is 87.6 Å². The van der Waals surface area contributed by atoms with E-state index in [0.717, 1.165) is 46.5 Å². The summed E-state index contributed by atoms with van der Waals surface area (Å²) in [5, 5.41) is 5.45. The van der Waals surface area contributed by atoms with Gasteiger partial charge in [-0.15, -0.1) is 0 Å². The SMILES string of the molecule is COC(=O)N[C@H](C(=O)N1CC2(CC1c1ncc(-c3ccc(-c4ccc(-c5cnc([C@@H]6CC7(CN6C(=O)[C@@H](NC(=O)OC)C(C)C)O[C@@H](C)C[C@H](C)O7)[nH]5)cc4)cc3)[nH]1)O[C@@H](C)C[C@H](C)O2)C(C)C. The minimum Gasteiger partial charge on any atom is -0.453 e. The fourth-order valence-corrected chi connectivity index (χ4v) is 10.4. The Morgan fingerprint density at radius 3 is 1.22 bits per heavy atom. The van der Waals surface area contributed by atoms with Crippen LogP contribution in [0.5, 0.6) is 0 Å². The zero-order chi connectivity index (χ0) is 48.7. The molecule has 68 heavy (non-hydrogen) atoms. The van der Waals surface area contributed by atoms with Crippen LogP contribution in [0.2, 0.25) is 0 Å². The molecule has 4 aliphatic heterocycles. The Balaban J connectivity index is 0.989. The zero-order valence-electron chi connectivity index (χ0n) is 40.7. The van der Waals surface area contributed by atoms with Crippen LogP contribution < -0.4 is 10.6 Å². The maximum absolute atomic E-state index is 14.3. The highest BCUT2D eigenvalue weighted by Gasteiger charge is 2.55. The van der Waals surface area contributed by atoms with Crippen LogP contribution in [-0.4, -0.2) is 129 Å². The lowest BCUT2D eigenvalue weighted by Gasteiger charge is -2.40. The van der Waals surface area contributed by atoms with Crippen LogP contribution in [0.3, 0.4) is 0 Å². The lowest BCUT2D eigenvalue weighted by molar-refractivity contribution is -0.304. The average Bonchev–Trinajstić information content (AvgIpc) is 4.12. The van der Waals surface area contributed by atoms with Gasteiger partial charge in [-0.3, -0.25) is 9.59 Å². The summed E-state index contributed by atoms with van der Waals surface area (Å²) in [6, 6.07) is 13.6. The highest BCUT2D eigenvalue weighted by Crippen LogP contribution is 2.46. The first-order valence-electron chi connectivity index (χ1n) is 23.7. The average molecular weight is 939 g/mol. The molecule has 8 atom stereocenters. The van der Waals surface area contributed by atoms with Gasteiger partial charge in [0, 0.05) is 12.8 Å². The number of hydrogen-bond donors (Lipinski definition) is 4. The normalized spacial score (nSPS) is 28.0. The summed E-state index contributed by atoms with van der Waals surface area (Å²) < 4.78 is 35.4. The van der Waals surface area contributed by atoms with Gasteiger partial charge in [0.2, 0.25) is 11.8 Å². The smallest absolute Gasteiger partial charge is 0.407 e. The van der Waals surface area contributed by atoms with E-state index in [-0.39, 0.29) is 61.2 Å². The molecule has 18 heteroatoms. The highest BCUT2D eigenvalue weighted by molar-refractivity contribution is 5.87. The predicted molar refractivity (Wildman–Crippen MR) is 250 cm³/mol. The number of H-pyrrole nitrogens is 2. The van der Waals surface area contributed by atoms with Crippen LogP contribution in [0.4, 0.5) is 9.59 Å². The van der Waals surface area contributed by atoms with Gasteiger partial charge in [0.1, 0.15) is 23.7 Å². The Morgan fingerprint density at radius 1 is 0.588 bits per heavy atom. The van der Waals surface area contributed by atoms with Crippen molar-refractivity contribution in [3.63, 3.8) is 0 Å². The van der Waals surface area contributed by atoms with Crippen LogP contribution in [-0.2, 0) is 38.0 Å². The van der Waals surface area contributed by atoms with Crippen LogP contribution >= 0.6 is 0 Å². The van der Waals surface area contributed by atoms with Gasteiger partial charge >= 0.3 is 12.2 Å². The lowest BCUT2D eigenvalue weighted by atomic mass is 10.0. The number of carbonyl (C=O) groups excluding carboxylic acids is 4. The second-order valence-corrected chi connectivity index (χ2v) is 19.6. The third kappa shape index (κ3) is 10.1. The van der Waals surface area contributed by atoms with E-state index < -0.39 is 47.9 Å². The Hall–Kier alpha value is -5.82. The van der Waals surface area contributed by atoms with Crippen LogP contribution in [0.1, 0.15) is 105 Å². The Morgan fingerprint density at radius 2 is 0.912 bits per heavy atom. The van der Waals surface area contributed by atoms with E-state index in [4.69, 9.17) is 38.4 Å². The molecule has 4 saturated heterocycles. The van der Waals surface area contributed by atoms with Crippen LogP contribution in [0.15, 0.2) is 60.9 Å². The summed E-state index contributed by atoms with van der Waals surface area (Å²) in [5.41, 5.74) is 5.40. The van der Waals surface area contributed by atoms with Gasteiger partial charge in [-0.05, 0) is 74.6 Å². The molecular formula is C50H66N8O10. The number of likely N-dealkylation sites (tertiary alicyclic amines) is 2. The first kappa shape index (κ1) is 48.6. The van der Waals surface area contributed by atoms with Crippen LogP contribution in [0, 0.1) is 11.8 Å². The number of benzene rings is 2. The number of carbonyl (C=O) groups is 4. The lowest BCUT2D eigenvalue weighted by Crippen LogP contribution is -2.53. The number of alkyl carbamates (subject to hydrolysis) is 2. The molecule has 4 fully saturated rings. The van der Waals surface area contributed by atoms with E-state index in [1.165, 1.54) is 14.2 Å². The molecule has 4 amide bonds. The van der Waals surface area contributed by atoms with Crippen molar-refractivity contribution in [2.75, 3.05) is 27.3 Å². The molecule has 4 N–H and O–H groups in total. The van der Waals surface area contributed by atoms with E-state index in [9.17, 15) is 19.2 Å². The Bertz CT molecular complexity index is 2250. The second kappa shape index (κ2) is 19.7. The van der Waals surface area contributed by atoms with Crippen molar-refractivity contribution < 1.29 is 47.6 Å². The van der Waals surface area contributed by atoms with Crippen molar-refractivity contribution in [1.82, 2.24) is 40.4 Å². The van der Waals surface area contributed by atoms with E-state index >= 15 is 0 Å². The van der Waals surface area contributed by atoms with Gasteiger partial charge in [-0.2, -0.15) is 0 Å². The van der Waals surface area contributed by atoms with Crippen molar-refractivity contribution in [3.05, 3.63) is 72.6 Å². The number of imidazole rings is 2. The highest BCUT2D eigenvalue weighted by atomic mass is 16.7. The molecule has 4 aliphatic rings. The van der Waals surface area contributed by atoms with E-state index in [1.807, 2.05) is 79.7 Å². The number of ether oxygens (including phenoxy) is 6. The molecular weight excluding hydrogens is 873 g/mol.